The number of nitrogens with zero attached hydrogens (tertiary/aromatic N) is 6. The van der Waals surface area contributed by atoms with Gasteiger partial charge in [0, 0.05) is 31.9 Å². The molecule has 0 radical (unpaired) electrons. The minimum absolute atomic E-state index is 0.0298. The molecule has 3 aromatic rings. The van der Waals surface area contributed by atoms with Crippen LogP contribution in [0, 0.1) is 0 Å². The number of aromatic nitrogens is 5. The zero-order valence-electron chi connectivity index (χ0n) is 14.1. The summed E-state index contributed by atoms with van der Waals surface area (Å²) in [7, 11) is 0. The minimum Gasteiger partial charge on any atom is -0.331 e. The third-order valence-corrected chi connectivity index (χ3v) is 4.60. The van der Waals surface area contributed by atoms with Gasteiger partial charge < -0.3 is 9.47 Å². The topological polar surface area (TPSA) is 68.8 Å². The Balaban J connectivity index is 1.63. The van der Waals surface area contributed by atoms with E-state index in [4.69, 9.17) is 0 Å². The standard InChI is InChI=1S/C18H20N6O/c1-2-15-20-21-16-13-22(11-12-23(15)16)18(25)17(24-10-6-9-19-24)14-7-4-3-5-8-14/h3-10,17H,2,11-13H2,1H3. The third kappa shape index (κ3) is 2.82. The van der Waals surface area contributed by atoms with Gasteiger partial charge in [0.15, 0.2) is 11.9 Å². The molecule has 1 atom stereocenters. The lowest BCUT2D eigenvalue weighted by molar-refractivity contribution is -0.135. The maximum absolute atomic E-state index is 13.3. The van der Waals surface area contributed by atoms with Crippen LogP contribution in [-0.2, 0) is 24.3 Å². The highest BCUT2D eigenvalue weighted by molar-refractivity contribution is 5.83. The summed E-state index contributed by atoms with van der Waals surface area (Å²) in [6.07, 6.45) is 4.38. The zero-order chi connectivity index (χ0) is 17.2. The van der Waals surface area contributed by atoms with Crippen LogP contribution in [0.3, 0.4) is 0 Å². The lowest BCUT2D eigenvalue weighted by Gasteiger charge is -2.31. The van der Waals surface area contributed by atoms with Gasteiger partial charge in [0.1, 0.15) is 5.82 Å². The highest BCUT2D eigenvalue weighted by atomic mass is 16.2. The molecule has 1 unspecified atom stereocenters. The van der Waals surface area contributed by atoms with Crippen molar-refractivity contribution in [2.45, 2.75) is 32.5 Å². The van der Waals surface area contributed by atoms with Crippen molar-refractivity contribution in [1.29, 1.82) is 0 Å². The highest BCUT2D eigenvalue weighted by Gasteiger charge is 2.31. The fourth-order valence-corrected chi connectivity index (χ4v) is 3.32. The molecule has 128 valence electrons. The van der Waals surface area contributed by atoms with Crippen LogP contribution >= 0.6 is 0 Å². The smallest absolute Gasteiger partial charge is 0.252 e. The number of hydrogen-bond acceptors (Lipinski definition) is 4. The summed E-state index contributed by atoms with van der Waals surface area (Å²) in [6.45, 7) is 3.94. The molecule has 4 rings (SSSR count). The molecule has 1 amide bonds. The number of benzene rings is 1. The van der Waals surface area contributed by atoms with Crippen molar-refractivity contribution in [3.63, 3.8) is 0 Å². The van der Waals surface area contributed by atoms with Gasteiger partial charge in [0.25, 0.3) is 5.91 Å². The number of rotatable bonds is 4. The van der Waals surface area contributed by atoms with Crippen molar-refractivity contribution in [1.82, 2.24) is 29.4 Å². The van der Waals surface area contributed by atoms with E-state index in [2.05, 4.69) is 26.8 Å². The van der Waals surface area contributed by atoms with Crippen LogP contribution in [-0.4, -0.2) is 41.9 Å². The van der Waals surface area contributed by atoms with Crippen LogP contribution in [0.15, 0.2) is 48.8 Å². The van der Waals surface area contributed by atoms with E-state index in [1.807, 2.05) is 47.5 Å². The molecular formula is C18H20N6O. The lowest BCUT2D eigenvalue weighted by Crippen LogP contribution is -2.43. The first-order valence-corrected chi connectivity index (χ1v) is 8.51. The Morgan fingerprint density at radius 3 is 2.72 bits per heavy atom. The summed E-state index contributed by atoms with van der Waals surface area (Å²) in [5.41, 5.74) is 0.928. The third-order valence-electron chi connectivity index (χ3n) is 4.60. The number of carbonyl (C=O) groups is 1. The second-order valence-electron chi connectivity index (χ2n) is 6.10. The van der Waals surface area contributed by atoms with E-state index in [0.717, 1.165) is 30.2 Å². The van der Waals surface area contributed by atoms with E-state index >= 15 is 0 Å². The maximum atomic E-state index is 13.3. The average Bonchev–Trinajstić information content (AvgIpc) is 3.32. The number of amides is 1. The number of aryl methyl sites for hydroxylation is 1. The van der Waals surface area contributed by atoms with Gasteiger partial charge in [-0.05, 0) is 11.6 Å². The Labute approximate surface area is 145 Å². The highest BCUT2D eigenvalue weighted by Crippen LogP contribution is 2.23. The van der Waals surface area contributed by atoms with Gasteiger partial charge in [-0.3, -0.25) is 9.48 Å². The van der Waals surface area contributed by atoms with Gasteiger partial charge in [-0.25, -0.2) is 0 Å². The van der Waals surface area contributed by atoms with Gasteiger partial charge in [0.2, 0.25) is 0 Å². The van der Waals surface area contributed by atoms with Gasteiger partial charge in [-0.15, -0.1) is 10.2 Å². The largest absolute Gasteiger partial charge is 0.331 e. The first kappa shape index (κ1) is 15.6. The molecule has 0 saturated heterocycles. The SMILES string of the molecule is CCc1nnc2n1CCN(C(=O)C(c1ccccc1)n1cccn1)C2. The first-order valence-electron chi connectivity index (χ1n) is 8.51. The Hall–Kier alpha value is -2.96. The Morgan fingerprint density at radius 1 is 1.16 bits per heavy atom. The summed E-state index contributed by atoms with van der Waals surface area (Å²) in [5, 5.41) is 12.8. The Bertz CT molecular complexity index is 855. The quantitative estimate of drug-likeness (QED) is 0.727. The summed E-state index contributed by atoms with van der Waals surface area (Å²) in [5.74, 6) is 1.86. The van der Waals surface area contributed by atoms with Gasteiger partial charge in [0.05, 0.1) is 6.54 Å². The second-order valence-corrected chi connectivity index (χ2v) is 6.10. The first-order chi connectivity index (χ1) is 12.3. The molecular weight excluding hydrogens is 316 g/mol. The van der Waals surface area contributed by atoms with E-state index in [1.165, 1.54) is 0 Å². The van der Waals surface area contributed by atoms with Crippen molar-refractivity contribution in [2.24, 2.45) is 0 Å². The van der Waals surface area contributed by atoms with Crippen molar-refractivity contribution in [2.75, 3.05) is 6.54 Å². The number of carbonyl (C=O) groups excluding carboxylic acids is 1. The molecule has 0 aliphatic carbocycles. The van der Waals surface area contributed by atoms with Crippen LogP contribution in [0.2, 0.25) is 0 Å². The fourth-order valence-electron chi connectivity index (χ4n) is 3.32. The van der Waals surface area contributed by atoms with Crippen LogP contribution in [0.4, 0.5) is 0 Å². The van der Waals surface area contributed by atoms with E-state index in [1.54, 1.807) is 10.9 Å². The van der Waals surface area contributed by atoms with Crippen molar-refractivity contribution in [3.8, 4) is 0 Å². The molecule has 0 fully saturated rings. The average molecular weight is 336 g/mol. The van der Waals surface area contributed by atoms with E-state index < -0.39 is 6.04 Å². The molecule has 7 heteroatoms. The van der Waals surface area contributed by atoms with E-state index in [0.29, 0.717) is 13.1 Å². The predicted octanol–water partition coefficient (Wildman–Crippen LogP) is 1.67. The molecule has 0 bridgehead atoms. The molecule has 0 saturated carbocycles. The molecule has 3 heterocycles. The van der Waals surface area contributed by atoms with Crippen LogP contribution in [0.5, 0.6) is 0 Å². The van der Waals surface area contributed by atoms with Crippen molar-refractivity contribution in [3.05, 3.63) is 66.0 Å². The van der Waals surface area contributed by atoms with Crippen molar-refractivity contribution >= 4 is 5.91 Å². The van der Waals surface area contributed by atoms with E-state index in [-0.39, 0.29) is 5.91 Å². The van der Waals surface area contributed by atoms with Crippen LogP contribution < -0.4 is 0 Å². The number of fused-ring (bicyclic) bond motifs is 1. The molecule has 1 aliphatic rings. The molecule has 2 aromatic heterocycles. The molecule has 1 aliphatic heterocycles. The molecule has 1 aromatic carbocycles. The lowest BCUT2D eigenvalue weighted by atomic mass is 10.1. The van der Waals surface area contributed by atoms with Crippen LogP contribution in [0.1, 0.15) is 30.2 Å². The fraction of sp³-hybridized carbons (Fsp3) is 0.333. The predicted molar refractivity (Wildman–Crippen MR) is 91.6 cm³/mol. The molecule has 7 nitrogen and oxygen atoms in total. The maximum Gasteiger partial charge on any atom is 0.252 e. The van der Waals surface area contributed by atoms with Crippen LogP contribution in [0.25, 0.3) is 0 Å². The van der Waals surface area contributed by atoms with Gasteiger partial charge in [-0.2, -0.15) is 5.10 Å². The monoisotopic (exact) mass is 336 g/mol. The van der Waals surface area contributed by atoms with Gasteiger partial charge >= 0.3 is 0 Å². The molecule has 25 heavy (non-hydrogen) atoms. The summed E-state index contributed by atoms with van der Waals surface area (Å²) < 4.78 is 3.84. The minimum atomic E-state index is -0.462. The Morgan fingerprint density at radius 2 is 2.00 bits per heavy atom. The summed E-state index contributed by atoms with van der Waals surface area (Å²) in [4.78, 5) is 15.1. The summed E-state index contributed by atoms with van der Waals surface area (Å²) in [6, 6.07) is 11.1. The second kappa shape index (κ2) is 6.51. The van der Waals surface area contributed by atoms with Crippen molar-refractivity contribution < 1.29 is 4.79 Å². The Kier molecular flexibility index (Phi) is 4.05. The van der Waals surface area contributed by atoms with Gasteiger partial charge in [-0.1, -0.05) is 37.3 Å². The zero-order valence-corrected chi connectivity index (χ0v) is 14.1. The molecule has 0 spiro atoms. The summed E-state index contributed by atoms with van der Waals surface area (Å²) >= 11 is 0. The van der Waals surface area contributed by atoms with E-state index in [9.17, 15) is 4.79 Å². The molecule has 0 N–H and O–H groups in total. The normalized spacial score (nSPS) is 15.0. The number of hydrogen-bond donors (Lipinski definition) is 0.